The largest absolute Gasteiger partial charge is 0.484 e. The minimum Gasteiger partial charge on any atom is -0.484 e. The zero-order valence-corrected chi connectivity index (χ0v) is 11.5. The number of ether oxygens (including phenoxy) is 1. The van der Waals surface area contributed by atoms with Crippen molar-refractivity contribution in [3.63, 3.8) is 0 Å². The molecule has 0 heterocycles. The van der Waals surface area contributed by atoms with Crippen molar-refractivity contribution in [2.75, 3.05) is 6.61 Å². The molecule has 2 saturated carbocycles. The van der Waals surface area contributed by atoms with Crippen LogP contribution < -0.4 is 10.1 Å². The Morgan fingerprint density at radius 3 is 2.95 bits per heavy atom. The Labute approximate surface area is 118 Å². The highest BCUT2D eigenvalue weighted by molar-refractivity contribution is 6.30. The maximum absolute atomic E-state index is 11.9. The molecule has 2 aliphatic rings. The van der Waals surface area contributed by atoms with Gasteiger partial charge in [0.2, 0.25) is 0 Å². The summed E-state index contributed by atoms with van der Waals surface area (Å²) in [5.41, 5.74) is 0. The Bertz CT molecular complexity index is 477. The SMILES string of the molecule is O=C(COc1cccc(Cl)c1)N[C@@H]1C[C@H]2CC[C@@H]1C2. The van der Waals surface area contributed by atoms with Gasteiger partial charge in [-0.25, -0.2) is 0 Å². The summed E-state index contributed by atoms with van der Waals surface area (Å²) in [5, 5.41) is 3.71. The topological polar surface area (TPSA) is 38.3 Å². The molecule has 1 N–H and O–H groups in total. The number of halogens is 1. The zero-order chi connectivity index (χ0) is 13.2. The fraction of sp³-hybridized carbons (Fsp3) is 0.533. The summed E-state index contributed by atoms with van der Waals surface area (Å²) in [4.78, 5) is 11.9. The van der Waals surface area contributed by atoms with E-state index in [9.17, 15) is 4.79 Å². The standard InChI is InChI=1S/C15H18ClNO2/c16-12-2-1-3-13(8-12)19-9-15(18)17-14-7-10-4-5-11(14)6-10/h1-3,8,10-11,14H,4-7,9H2,(H,17,18)/t10-,11+,14+/m0/s1. The van der Waals surface area contributed by atoms with E-state index in [4.69, 9.17) is 16.3 Å². The highest BCUT2D eigenvalue weighted by Gasteiger charge is 2.40. The minimum atomic E-state index is -0.0301. The average molecular weight is 280 g/mol. The lowest BCUT2D eigenvalue weighted by Crippen LogP contribution is -2.40. The summed E-state index contributed by atoms with van der Waals surface area (Å²) in [7, 11) is 0. The molecule has 2 aliphatic carbocycles. The molecular weight excluding hydrogens is 262 g/mol. The first-order valence-electron chi connectivity index (χ1n) is 6.88. The number of nitrogens with one attached hydrogen (secondary N) is 1. The van der Waals surface area contributed by atoms with Crippen molar-refractivity contribution < 1.29 is 9.53 Å². The van der Waals surface area contributed by atoms with Gasteiger partial charge in [0.25, 0.3) is 5.91 Å². The lowest BCUT2D eigenvalue weighted by Gasteiger charge is -2.22. The van der Waals surface area contributed by atoms with Crippen LogP contribution >= 0.6 is 11.6 Å². The molecule has 3 rings (SSSR count). The van der Waals surface area contributed by atoms with Crippen molar-refractivity contribution in [1.29, 1.82) is 0 Å². The summed E-state index contributed by atoms with van der Waals surface area (Å²) < 4.78 is 5.44. The van der Waals surface area contributed by atoms with E-state index in [1.807, 2.05) is 6.07 Å². The molecule has 0 radical (unpaired) electrons. The second-order valence-corrected chi connectivity index (χ2v) is 6.03. The van der Waals surface area contributed by atoms with Crippen molar-refractivity contribution in [1.82, 2.24) is 5.32 Å². The van der Waals surface area contributed by atoms with E-state index < -0.39 is 0 Å². The number of hydrogen-bond acceptors (Lipinski definition) is 2. The smallest absolute Gasteiger partial charge is 0.258 e. The maximum atomic E-state index is 11.9. The van der Waals surface area contributed by atoms with E-state index in [1.54, 1.807) is 18.2 Å². The second kappa shape index (κ2) is 5.41. The van der Waals surface area contributed by atoms with E-state index in [2.05, 4.69) is 5.32 Å². The Morgan fingerprint density at radius 2 is 2.26 bits per heavy atom. The predicted molar refractivity (Wildman–Crippen MR) is 74.3 cm³/mol. The molecule has 19 heavy (non-hydrogen) atoms. The van der Waals surface area contributed by atoms with Crippen LogP contribution in [0.4, 0.5) is 0 Å². The lowest BCUT2D eigenvalue weighted by atomic mass is 9.95. The van der Waals surface area contributed by atoms with Crippen LogP contribution in [-0.4, -0.2) is 18.6 Å². The van der Waals surface area contributed by atoms with E-state index in [0.717, 1.165) is 12.3 Å². The van der Waals surface area contributed by atoms with Crippen LogP contribution in [0.1, 0.15) is 25.7 Å². The predicted octanol–water partition coefficient (Wildman–Crippen LogP) is 3.02. The molecule has 1 aromatic rings. The average Bonchev–Trinajstić information content (AvgIpc) is 2.99. The normalized spacial score (nSPS) is 28.4. The van der Waals surface area contributed by atoms with E-state index >= 15 is 0 Å². The number of carbonyl (C=O) groups is 1. The van der Waals surface area contributed by atoms with Crippen LogP contribution in [0.5, 0.6) is 5.75 Å². The molecule has 0 spiro atoms. The van der Waals surface area contributed by atoms with Gasteiger partial charge in [0.15, 0.2) is 6.61 Å². The number of fused-ring (bicyclic) bond motifs is 2. The Hall–Kier alpha value is -1.22. The fourth-order valence-electron chi connectivity index (χ4n) is 3.38. The van der Waals surface area contributed by atoms with Gasteiger partial charge in [0.05, 0.1) is 0 Å². The van der Waals surface area contributed by atoms with Gasteiger partial charge >= 0.3 is 0 Å². The number of hydrogen-bond donors (Lipinski definition) is 1. The lowest BCUT2D eigenvalue weighted by molar-refractivity contribution is -0.124. The van der Waals surface area contributed by atoms with Gasteiger partial charge in [-0.2, -0.15) is 0 Å². The van der Waals surface area contributed by atoms with Gasteiger partial charge in [-0.1, -0.05) is 24.1 Å². The Balaban J connectivity index is 1.47. The monoisotopic (exact) mass is 279 g/mol. The fourth-order valence-corrected chi connectivity index (χ4v) is 3.56. The Kier molecular flexibility index (Phi) is 3.65. The van der Waals surface area contributed by atoms with Gasteiger partial charge in [-0.3, -0.25) is 4.79 Å². The third-order valence-corrected chi connectivity index (χ3v) is 4.49. The highest BCUT2D eigenvalue weighted by Crippen LogP contribution is 2.44. The van der Waals surface area contributed by atoms with Crippen LogP contribution in [0.25, 0.3) is 0 Å². The summed E-state index contributed by atoms with van der Waals surface area (Å²) in [6.07, 6.45) is 5.05. The molecule has 1 amide bonds. The summed E-state index contributed by atoms with van der Waals surface area (Å²) in [5.74, 6) is 2.14. The molecule has 3 nitrogen and oxygen atoms in total. The van der Waals surface area contributed by atoms with Gasteiger partial charge in [-0.05, 0) is 49.3 Å². The molecule has 0 aliphatic heterocycles. The van der Waals surface area contributed by atoms with Crippen molar-refractivity contribution in [2.24, 2.45) is 11.8 Å². The van der Waals surface area contributed by atoms with Crippen LogP contribution in [0.2, 0.25) is 5.02 Å². The van der Waals surface area contributed by atoms with Gasteiger partial charge < -0.3 is 10.1 Å². The van der Waals surface area contributed by atoms with Crippen LogP contribution in [0.15, 0.2) is 24.3 Å². The molecule has 2 fully saturated rings. The minimum absolute atomic E-state index is 0.0301. The van der Waals surface area contributed by atoms with Gasteiger partial charge in [-0.15, -0.1) is 0 Å². The first-order chi connectivity index (χ1) is 9.20. The van der Waals surface area contributed by atoms with Crippen LogP contribution in [0.3, 0.4) is 0 Å². The van der Waals surface area contributed by atoms with Crippen molar-refractivity contribution in [2.45, 2.75) is 31.7 Å². The highest BCUT2D eigenvalue weighted by atomic mass is 35.5. The molecule has 3 atom stereocenters. The molecule has 0 unspecified atom stereocenters. The molecular formula is C15H18ClNO2. The molecule has 0 saturated heterocycles. The molecule has 4 heteroatoms. The number of amides is 1. The van der Waals surface area contributed by atoms with Gasteiger partial charge in [0, 0.05) is 11.1 Å². The van der Waals surface area contributed by atoms with E-state index in [1.165, 1.54) is 19.3 Å². The summed E-state index contributed by atoms with van der Waals surface area (Å²) in [6.45, 7) is 0.0637. The Morgan fingerprint density at radius 1 is 1.37 bits per heavy atom. The summed E-state index contributed by atoms with van der Waals surface area (Å²) in [6, 6.07) is 7.48. The van der Waals surface area contributed by atoms with Crippen molar-refractivity contribution >= 4 is 17.5 Å². The van der Waals surface area contributed by atoms with Crippen molar-refractivity contribution in [3.8, 4) is 5.75 Å². The van der Waals surface area contributed by atoms with Gasteiger partial charge in [0.1, 0.15) is 5.75 Å². The van der Waals surface area contributed by atoms with Crippen LogP contribution in [0, 0.1) is 11.8 Å². The third-order valence-electron chi connectivity index (χ3n) is 4.25. The third kappa shape index (κ3) is 3.03. The first-order valence-corrected chi connectivity index (χ1v) is 7.26. The molecule has 102 valence electrons. The molecule has 2 bridgehead atoms. The maximum Gasteiger partial charge on any atom is 0.258 e. The molecule has 0 aromatic heterocycles. The number of benzene rings is 1. The number of rotatable bonds is 4. The number of carbonyl (C=O) groups excluding carboxylic acids is 1. The summed E-state index contributed by atoms with van der Waals surface area (Å²) >= 11 is 5.86. The first kappa shape index (κ1) is 12.8. The second-order valence-electron chi connectivity index (χ2n) is 5.59. The van der Waals surface area contributed by atoms with E-state index in [0.29, 0.717) is 22.7 Å². The van der Waals surface area contributed by atoms with Crippen molar-refractivity contribution in [3.05, 3.63) is 29.3 Å². The quantitative estimate of drug-likeness (QED) is 0.920. The van der Waals surface area contributed by atoms with E-state index in [-0.39, 0.29) is 12.5 Å². The van der Waals surface area contributed by atoms with Crippen LogP contribution in [-0.2, 0) is 4.79 Å². The zero-order valence-electron chi connectivity index (χ0n) is 10.8. The molecule has 1 aromatic carbocycles.